The van der Waals surface area contributed by atoms with Crippen LogP contribution in [0.5, 0.6) is 5.75 Å². The summed E-state index contributed by atoms with van der Waals surface area (Å²) in [5.41, 5.74) is 8.03. The first-order valence-electron chi connectivity index (χ1n) is 8.93. The van der Waals surface area contributed by atoms with Crippen molar-refractivity contribution in [3.05, 3.63) is 71.9 Å². The van der Waals surface area contributed by atoms with Gasteiger partial charge >= 0.3 is 0 Å². The van der Waals surface area contributed by atoms with Crippen molar-refractivity contribution in [3.8, 4) is 28.1 Å². The molecule has 0 aliphatic heterocycles. The van der Waals surface area contributed by atoms with E-state index in [4.69, 9.17) is 4.74 Å². The molecule has 0 saturated heterocycles. The molecule has 3 nitrogen and oxygen atoms in total. The van der Waals surface area contributed by atoms with Gasteiger partial charge in [-0.1, -0.05) is 18.2 Å². The number of hydrogen-bond donors (Lipinski definition) is 1. The topological polar surface area (TPSA) is 37.9 Å². The first-order valence-corrected chi connectivity index (χ1v) is 8.93. The third-order valence-corrected chi connectivity index (χ3v) is 4.79. The van der Waals surface area contributed by atoms with Gasteiger partial charge in [0.15, 0.2) is 0 Å². The fourth-order valence-corrected chi connectivity index (χ4v) is 3.15. The van der Waals surface area contributed by atoms with Gasteiger partial charge in [-0.2, -0.15) is 0 Å². The van der Waals surface area contributed by atoms with E-state index in [9.17, 15) is 0 Å². The van der Waals surface area contributed by atoms with Crippen molar-refractivity contribution in [3.63, 3.8) is 0 Å². The number of aryl methyl sites for hydroxylation is 2. The van der Waals surface area contributed by atoms with E-state index in [1.807, 2.05) is 25.3 Å². The molecule has 0 aliphatic carbocycles. The Bertz CT molecular complexity index is 1060. The largest absolute Gasteiger partial charge is 0.494 e. The summed E-state index contributed by atoms with van der Waals surface area (Å²) in [5.74, 6) is 0.891. The quantitative estimate of drug-likeness (QED) is 0.500. The Labute approximate surface area is 153 Å². The van der Waals surface area contributed by atoms with Crippen molar-refractivity contribution in [1.29, 1.82) is 0 Å². The Morgan fingerprint density at radius 3 is 2.35 bits per heavy atom. The monoisotopic (exact) mass is 342 g/mol. The number of rotatable bonds is 4. The van der Waals surface area contributed by atoms with Crippen LogP contribution in [0.3, 0.4) is 0 Å². The molecule has 130 valence electrons. The van der Waals surface area contributed by atoms with Crippen LogP contribution in [-0.4, -0.2) is 16.6 Å². The molecule has 0 radical (unpaired) electrons. The average Bonchev–Trinajstić information content (AvgIpc) is 3.08. The first kappa shape index (κ1) is 16.4. The minimum atomic E-state index is 0.677. The number of aromatic nitrogens is 2. The summed E-state index contributed by atoms with van der Waals surface area (Å²) in [4.78, 5) is 8.03. The molecule has 0 fully saturated rings. The summed E-state index contributed by atoms with van der Waals surface area (Å²) in [6, 6.07) is 19.0. The van der Waals surface area contributed by atoms with Crippen LogP contribution in [0.2, 0.25) is 0 Å². The predicted octanol–water partition coefficient (Wildman–Crippen LogP) is 5.91. The number of ether oxygens (including phenoxy) is 1. The molecule has 0 unspecified atom stereocenters. The molecular weight excluding hydrogens is 320 g/mol. The predicted molar refractivity (Wildman–Crippen MR) is 108 cm³/mol. The number of aromatic amines is 1. The summed E-state index contributed by atoms with van der Waals surface area (Å²) in [7, 11) is 0. The van der Waals surface area contributed by atoms with E-state index in [1.54, 1.807) is 0 Å². The van der Waals surface area contributed by atoms with Gasteiger partial charge in [-0.25, -0.2) is 4.98 Å². The van der Waals surface area contributed by atoms with Gasteiger partial charge in [-0.15, -0.1) is 0 Å². The fourth-order valence-electron chi connectivity index (χ4n) is 3.15. The number of hydrogen-bond acceptors (Lipinski definition) is 2. The van der Waals surface area contributed by atoms with Crippen molar-refractivity contribution < 1.29 is 4.74 Å². The van der Waals surface area contributed by atoms with Crippen LogP contribution in [-0.2, 0) is 0 Å². The molecule has 0 amide bonds. The lowest BCUT2D eigenvalue weighted by molar-refractivity contribution is 0.340. The van der Waals surface area contributed by atoms with E-state index in [0.29, 0.717) is 6.61 Å². The molecule has 0 atom stereocenters. The van der Waals surface area contributed by atoms with Crippen LogP contribution in [0, 0.1) is 13.8 Å². The molecule has 26 heavy (non-hydrogen) atoms. The van der Waals surface area contributed by atoms with Gasteiger partial charge in [-0.05, 0) is 79.4 Å². The average molecular weight is 342 g/mol. The fraction of sp³-hybridized carbons (Fsp3) is 0.174. The highest BCUT2D eigenvalue weighted by molar-refractivity contribution is 5.86. The van der Waals surface area contributed by atoms with Gasteiger partial charge in [0.05, 0.1) is 6.61 Å². The zero-order chi connectivity index (χ0) is 18.1. The summed E-state index contributed by atoms with van der Waals surface area (Å²) in [5, 5.41) is 1.12. The summed E-state index contributed by atoms with van der Waals surface area (Å²) in [6.07, 6.45) is 1.94. The third kappa shape index (κ3) is 3.08. The highest BCUT2D eigenvalue weighted by atomic mass is 16.5. The first-order chi connectivity index (χ1) is 12.6. The van der Waals surface area contributed by atoms with Crippen molar-refractivity contribution in [1.82, 2.24) is 9.97 Å². The number of benzene rings is 2. The normalized spacial score (nSPS) is 11.0. The molecule has 4 aromatic rings. The van der Waals surface area contributed by atoms with Crippen LogP contribution in [0.4, 0.5) is 0 Å². The van der Waals surface area contributed by atoms with Crippen LogP contribution in [0.15, 0.2) is 60.8 Å². The number of pyridine rings is 1. The van der Waals surface area contributed by atoms with E-state index in [0.717, 1.165) is 33.6 Å². The van der Waals surface area contributed by atoms with Crippen molar-refractivity contribution in [2.24, 2.45) is 0 Å². The van der Waals surface area contributed by atoms with Crippen molar-refractivity contribution in [2.75, 3.05) is 6.61 Å². The van der Waals surface area contributed by atoms with Gasteiger partial charge in [0.25, 0.3) is 0 Å². The van der Waals surface area contributed by atoms with Gasteiger partial charge in [0.1, 0.15) is 11.4 Å². The Balaban J connectivity index is 1.70. The SMILES string of the molecule is CCOc1ccc(-c2cc3cc(-c4ccc(C)c(C)c4)cnc3[nH]2)cc1. The molecule has 0 spiro atoms. The summed E-state index contributed by atoms with van der Waals surface area (Å²) < 4.78 is 5.52. The molecule has 1 N–H and O–H groups in total. The highest BCUT2D eigenvalue weighted by Crippen LogP contribution is 2.28. The second-order valence-electron chi connectivity index (χ2n) is 6.60. The van der Waals surface area contributed by atoms with Crippen molar-refractivity contribution >= 4 is 11.0 Å². The third-order valence-electron chi connectivity index (χ3n) is 4.79. The minimum absolute atomic E-state index is 0.677. The summed E-state index contributed by atoms with van der Waals surface area (Å²) in [6.45, 7) is 6.95. The van der Waals surface area contributed by atoms with Gasteiger partial charge in [0.2, 0.25) is 0 Å². The number of H-pyrrole nitrogens is 1. The maximum Gasteiger partial charge on any atom is 0.137 e. The van der Waals surface area contributed by atoms with E-state index in [-0.39, 0.29) is 0 Å². The molecule has 2 heterocycles. The molecular formula is C23H22N2O. The van der Waals surface area contributed by atoms with Gasteiger partial charge in [0, 0.05) is 22.8 Å². The smallest absolute Gasteiger partial charge is 0.137 e. The summed E-state index contributed by atoms with van der Waals surface area (Å²) >= 11 is 0. The molecule has 0 aliphatic rings. The number of fused-ring (bicyclic) bond motifs is 1. The van der Waals surface area contributed by atoms with Crippen LogP contribution in [0.25, 0.3) is 33.4 Å². The Morgan fingerprint density at radius 1 is 0.846 bits per heavy atom. The maximum absolute atomic E-state index is 5.52. The second-order valence-corrected chi connectivity index (χ2v) is 6.60. The molecule has 2 aromatic carbocycles. The molecule has 0 bridgehead atoms. The molecule has 2 aromatic heterocycles. The van der Waals surface area contributed by atoms with E-state index in [1.165, 1.54) is 16.7 Å². The number of nitrogens with one attached hydrogen (secondary N) is 1. The van der Waals surface area contributed by atoms with E-state index in [2.05, 4.69) is 66.3 Å². The van der Waals surface area contributed by atoms with Crippen molar-refractivity contribution in [2.45, 2.75) is 20.8 Å². The zero-order valence-electron chi connectivity index (χ0n) is 15.3. The lowest BCUT2D eigenvalue weighted by Gasteiger charge is -2.05. The molecule has 0 saturated carbocycles. The standard InChI is InChI=1S/C23H22N2O/c1-4-26-21-9-7-17(8-10-21)22-13-19-12-20(14-24-23(19)25-22)18-6-5-15(2)16(3)11-18/h5-14H,4H2,1-3H3,(H,24,25). The van der Waals surface area contributed by atoms with E-state index < -0.39 is 0 Å². The van der Waals surface area contributed by atoms with Crippen LogP contribution in [0.1, 0.15) is 18.1 Å². The minimum Gasteiger partial charge on any atom is -0.494 e. The Kier molecular flexibility index (Phi) is 4.21. The highest BCUT2D eigenvalue weighted by Gasteiger charge is 2.07. The second kappa shape index (κ2) is 6.68. The Morgan fingerprint density at radius 2 is 1.62 bits per heavy atom. The van der Waals surface area contributed by atoms with Gasteiger partial charge in [-0.3, -0.25) is 0 Å². The lowest BCUT2D eigenvalue weighted by Crippen LogP contribution is -1.90. The van der Waals surface area contributed by atoms with Crippen LogP contribution < -0.4 is 4.74 Å². The van der Waals surface area contributed by atoms with Gasteiger partial charge < -0.3 is 9.72 Å². The molecule has 3 heteroatoms. The van der Waals surface area contributed by atoms with E-state index >= 15 is 0 Å². The Hall–Kier alpha value is -3.07. The number of nitrogens with zero attached hydrogens (tertiary/aromatic N) is 1. The van der Waals surface area contributed by atoms with Crippen LogP contribution >= 0.6 is 0 Å². The maximum atomic E-state index is 5.52. The lowest BCUT2D eigenvalue weighted by atomic mass is 10.0. The molecule has 4 rings (SSSR count). The zero-order valence-corrected chi connectivity index (χ0v) is 15.3.